The highest BCUT2D eigenvalue weighted by molar-refractivity contribution is 5.22. The molecular weight excluding hydrogens is 167 g/mol. The largest absolute Gasteiger partial charge is 0.324 e. The van der Waals surface area contributed by atoms with E-state index in [9.17, 15) is 13.2 Å². The van der Waals surface area contributed by atoms with E-state index in [1.807, 2.05) is 0 Å². The minimum atomic E-state index is -1.47. The first-order valence-corrected chi connectivity index (χ1v) is 3.43. The van der Waals surface area contributed by atoms with E-state index < -0.39 is 23.5 Å². The molecule has 0 radical (unpaired) electrons. The van der Waals surface area contributed by atoms with Gasteiger partial charge in [0.05, 0.1) is 0 Å². The zero-order valence-corrected chi connectivity index (χ0v) is 6.44. The molecule has 0 aliphatic heterocycles. The lowest BCUT2D eigenvalue weighted by Crippen LogP contribution is -2.09. The molecule has 12 heavy (non-hydrogen) atoms. The van der Waals surface area contributed by atoms with Crippen LogP contribution in [-0.4, -0.2) is 0 Å². The number of benzene rings is 1. The van der Waals surface area contributed by atoms with E-state index in [4.69, 9.17) is 5.73 Å². The molecule has 0 spiro atoms. The van der Waals surface area contributed by atoms with Crippen molar-refractivity contribution in [1.29, 1.82) is 0 Å². The SMILES string of the molecule is C[C@H](N)c1ccc(F)c(F)c1F. The third kappa shape index (κ3) is 1.43. The predicted molar refractivity (Wildman–Crippen MR) is 38.9 cm³/mol. The number of nitrogens with two attached hydrogens (primary N) is 1. The topological polar surface area (TPSA) is 26.0 Å². The number of halogens is 3. The summed E-state index contributed by atoms with van der Waals surface area (Å²) in [4.78, 5) is 0. The van der Waals surface area contributed by atoms with Crippen LogP contribution in [0.2, 0.25) is 0 Å². The Kier molecular flexibility index (Phi) is 2.38. The Labute approximate surface area is 68.0 Å². The highest BCUT2D eigenvalue weighted by Gasteiger charge is 2.14. The fraction of sp³-hybridized carbons (Fsp3) is 0.250. The second-order valence-corrected chi connectivity index (χ2v) is 2.55. The maximum atomic E-state index is 12.8. The molecule has 0 heterocycles. The van der Waals surface area contributed by atoms with E-state index in [0.717, 1.165) is 12.1 Å². The second kappa shape index (κ2) is 3.15. The van der Waals surface area contributed by atoms with Crippen LogP contribution < -0.4 is 5.73 Å². The lowest BCUT2D eigenvalue weighted by molar-refractivity contribution is 0.437. The Balaban J connectivity index is 3.27. The monoisotopic (exact) mass is 175 g/mol. The Hall–Kier alpha value is -1.03. The van der Waals surface area contributed by atoms with Crippen molar-refractivity contribution in [3.8, 4) is 0 Å². The average molecular weight is 175 g/mol. The van der Waals surface area contributed by atoms with Crippen LogP contribution in [0.5, 0.6) is 0 Å². The van der Waals surface area contributed by atoms with Crippen LogP contribution in [0.3, 0.4) is 0 Å². The standard InChI is InChI=1S/C8H8F3N/c1-4(12)5-2-3-6(9)8(11)7(5)10/h2-4H,12H2,1H3/t4-/m0/s1. The first-order valence-electron chi connectivity index (χ1n) is 3.43. The van der Waals surface area contributed by atoms with Crippen molar-refractivity contribution in [1.82, 2.24) is 0 Å². The molecule has 66 valence electrons. The van der Waals surface area contributed by atoms with Gasteiger partial charge in [-0.05, 0) is 13.0 Å². The molecular formula is C8H8F3N. The maximum Gasteiger partial charge on any atom is 0.194 e. The molecule has 0 saturated carbocycles. The van der Waals surface area contributed by atoms with Crippen molar-refractivity contribution in [2.75, 3.05) is 0 Å². The molecule has 0 aliphatic rings. The Bertz CT molecular complexity index is 297. The molecule has 0 bridgehead atoms. The lowest BCUT2D eigenvalue weighted by Gasteiger charge is -2.07. The van der Waals surface area contributed by atoms with E-state index in [1.54, 1.807) is 0 Å². The first-order chi connectivity index (χ1) is 5.54. The van der Waals surface area contributed by atoms with Gasteiger partial charge in [-0.2, -0.15) is 0 Å². The molecule has 0 unspecified atom stereocenters. The maximum absolute atomic E-state index is 12.8. The fourth-order valence-electron chi connectivity index (χ4n) is 0.893. The summed E-state index contributed by atoms with van der Waals surface area (Å²) in [6, 6.07) is 1.36. The van der Waals surface area contributed by atoms with Crippen LogP contribution in [-0.2, 0) is 0 Å². The van der Waals surface area contributed by atoms with Crippen molar-refractivity contribution in [2.24, 2.45) is 5.73 Å². The summed E-state index contributed by atoms with van der Waals surface area (Å²) in [5, 5.41) is 0. The van der Waals surface area contributed by atoms with Crippen LogP contribution in [0.1, 0.15) is 18.5 Å². The van der Waals surface area contributed by atoms with Crippen LogP contribution in [0.25, 0.3) is 0 Å². The zero-order valence-electron chi connectivity index (χ0n) is 6.44. The summed E-state index contributed by atoms with van der Waals surface area (Å²) in [7, 11) is 0. The molecule has 1 nitrogen and oxygen atoms in total. The van der Waals surface area contributed by atoms with Gasteiger partial charge in [-0.1, -0.05) is 6.07 Å². The summed E-state index contributed by atoms with van der Waals surface area (Å²) in [5.74, 6) is -3.87. The third-order valence-electron chi connectivity index (χ3n) is 1.56. The predicted octanol–water partition coefficient (Wildman–Crippen LogP) is 2.12. The summed E-state index contributed by atoms with van der Waals surface area (Å²) >= 11 is 0. The van der Waals surface area contributed by atoms with Gasteiger partial charge < -0.3 is 5.73 Å². The quantitative estimate of drug-likeness (QED) is 0.650. The Morgan fingerprint density at radius 2 is 1.75 bits per heavy atom. The molecule has 1 atom stereocenters. The van der Waals surface area contributed by atoms with Crippen LogP contribution >= 0.6 is 0 Å². The van der Waals surface area contributed by atoms with E-state index in [0.29, 0.717) is 0 Å². The van der Waals surface area contributed by atoms with Crippen molar-refractivity contribution in [3.63, 3.8) is 0 Å². The van der Waals surface area contributed by atoms with Crippen molar-refractivity contribution >= 4 is 0 Å². The van der Waals surface area contributed by atoms with Gasteiger partial charge in [0.25, 0.3) is 0 Å². The smallest absolute Gasteiger partial charge is 0.194 e. The molecule has 0 aromatic heterocycles. The molecule has 0 saturated heterocycles. The molecule has 2 N–H and O–H groups in total. The highest BCUT2D eigenvalue weighted by Crippen LogP contribution is 2.19. The van der Waals surface area contributed by atoms with Gasteiger partial charge in [-0.3, -0.25) is 0 Å². The van der Waals surface area contributed by atoms with E-state index in [-0.39, 0.29) is 5.56 Å². The summed E-state index contributed by atoms with van der Waals surface area (Å²) in [6.07, 6.45) is 0. The van der Waals surface area contributed by atoms with Gasteiger partial charge >= 0.3 is 0 Å². The molecule has 4 heteroatoms. The average Bonchev–Trinajstić information content (AvgIpc) is 2.00. The minimum Gasteiger partial charge on any atom is -0.324 e. The molecule has 1 rings (SSSR count). The molecule has 0 aliphatic carbocycles. The summed E-state index contributed by atoms with van der Waals surface area (Å²) in [6.45, 7) is 1.50. The number of rotatable bonds is 1. The van der Waals surface area contributed by atoms with Gasteiger partial charge in [0.2, 0.25) is 0 Å². The molecule has 1 aromatic carbocycles. The van der Waals surface area contributed by atoms with Crippen molar-refractivity contribution in [2.45, 2.75) is 13.0 Å². The third-order valence-corrected chi connectivity index (χ3v) is 1.56. The highest BCUT2D eigenvalue weighted by atomic mass is 19.2. The summed E-state index contributed by atoms with van der Waals surface area (Å²) in [5.41, 5.74) is 5.28. The lowest BCUT2D eigenvalue weighted by atomic mass is 10.1. The van der Waals surface area contributed by atoms with Crippen LogP contribution in [0.15, 0.2) is 12.1 Å². The van der Waals surface area contributed by atoms with Gasteiger partial charge in [-0.25, -0.2) is 13.2 Å². The number of hydrogen-bond acceptors (Lipinski definition) is 1. The Morgan fingerprint density at radius 3 is 2.25 bits per heavy atom. The van der Waals surface area contributed by atoms with Gasteiger partial charge in [-0.15, -0.1) is 0 Å². The van der Waals surface area contributed by atoms with Crippen LogP contribution in [0.4, 0.5) is 13.2 Å². The first kappa shape index (κ1) is 9.06. The minimum absolute atomic E-state index is 0.0195. The van der Waals surface area contributed by atoms with E-state index >= 15 is 0 Å². The number of hydrogen-bond donors (Lipinski definition) is 1. The van der Waals surface area contributed by atoms with Crippen molar-refractivity contribution < 1.29 is 13.2 Å². The fourth-order valence-corrected chi connectivity index (χ4v) is 0.893. The van der Waals surface area contributed by atoms with E-state index in [2.05, 4.69) is 0 Å². The molecule has 0 amide bonds. The normalized spacial score (nSPS) is 13.1. The summed E-state index contributed by atoms with van der Waals surface area (Å²) < 4.78 is 37.7. The second-order valence-electron chi connectivity index (χ2n) is 2.55. The van der Waals surface area contributed by atoms with Crippen molar-refractivity contribution in [3.05, 3.63) is 35.1 Å². The van der Waals surface area contributed by atoms with E-state index in [1.165, 1.54) is 6.92 Å². The van der Waals surface area contributed by atoms with Gasteiger partial charge in [0.15, 0.2) is 17.5 Å². The molecule has 0 fully saturated rings. The zero-order chi connectivity index (χ0) is 9.30. The van der Waals surface area contributed by atoms with Gasteiger partial charge in [0, 0.05) is 11.6 Å². The Morgan fingerprint density at radius 1 is 1.17 bits per heavy atom. The van der Waals surface area contributed by atoms with Gasteiger partial charge in [0.1, 0.15) is 0 Å². The van der Waals surface area contributed by atoms with Crippen LogP contribution in [0, 0.1) is 17.5 Å². The molecule has 1 aromatic rings.